The van der Waals surface area contributed by atoms with Crippen LogP contribution in [0.1, 0.15) is 36.4 Å². The van der Waals surface area contributed by atoms with E-state index in [-0.39, 0.29) is 6.04 Å². The highest BCUT2D eigenvalue weighted by molar-refractivity contribution is 5.39. The highest BCUT2D eigenvalue weighted by atomic mass is 16.5. The minimum atomic E-state index is 0.278. The van der Waals surface area contributed by atoms with Crippen molar-refractivity contribution in [2.45, 2.75) is 31.8 Å². The number of hydrogen-bond donors (Lipinski definition) is 1. The minimum absolute atomic E-state index is 0.278. The number of nitrogens with zero attached hydrogens (tertiary/aromatic N) is 2. The molecule has 0 radical (unpaired) electrons. The van der Waals surface area contributed by atoms with Gasteiger partial charge in [-0.15, -0.1) is 0 Å². The fourth-order valence-electron chi connectivity index (χ4n) is 3.03. The Kier molecular flexibility index (Phi) is 3.74. The molecule has 2 atom stereocenters. The van der Waals surface area contributed by atoms with Crippen LogP contribution in [-0.4, -0.2) is 23.4 Å². The first-order valence-corrected chi connectivity index (χ1v) is 7.24. The van der Waals surface area contributed by atoms with Crippen LogP contribution in [0.4, 0.5) is 0 Å². The van der Waals surface area contributed by atoms with Crippen LogP contribution in [0.5, 0.6) is 5.75 Å². The van der Waals surface area contributed by atoms with Gasteiger partial charge in [0, 0.05) is 30.3 Å². The van der Waals surface area contributed by atoms with E-state index in [1.165, 1.54) is 11.1 Å². The fourth-order valence-corrected chi connectivity index (χ4v) is 3.03. The second-order valence-electron chi connectivity index (χ2n) is 5.18. The summed E-state index contributed by atoms with van der Waals surface area (Å²) in [6.45, 7) is 3.79. The third-order valence-electron chi connectivity index (χ3n) is 4.05. The molecule has 0 saturated heterocycles. The number of para-hydroxylation sites is 1. The average molecular weight is 271 g/mol. The lowest BCUT2D eigenvalue weighted by Gasteiger charge is -2.31. The van der Waals surface area contributed by atoms with Crippen molar-refractivity contribution in [2.24, 2.45) is 0 Å². The van der Waals surface area contributed by atoms with Crippen molar-refractivity contribution in [3.8, 4) is 5.75 Å². The van der Waals surface area contributed by atoms with Gasteiger partial charge in [0.05, 0.1) is 12.8 Å². The van der Waals surface area contributed by atoms with Crippen molar-refractivity contribution in [1.82, 2.24) is 15.1 Å². The van der Waals surface area contributed by atoms with E-state index in [1.54, 1.807) is 0 Å². The van der Waals surface area contributed by atoms with Gasteiger partial charge in [0.1, 0.15) is 5.75 Å². The predicted octanol–water partition coefficient (Wildman–Crippen LogP) is 2.73. The summed E-state index contributed by atoms with van der Waals surface area (Å²) in [5.41, 5.74) is 2.54. The Morgan fingerprint density at radius 2 is 2.30 bits per heavy atom. The van der Waals surface area contributed by atoms with Crippen LogP contribution in [0.3, 0.4) is 0 Å². The number of benzene rings is 1. The Morgan fingerprint density at radius 3 is 3.05 bits per heavy atom. The molecule has 2 heterocycles. The number of rotatable bonds is 4. The summed E-state index contributed by atoms with van der Waals surface area (Å²) in [6, 6.07) is 8.63. The summed E-state index contributed by atoms with van der Waals surface area (Å²) in [4.78, 5) is 0. The van der Waals surface area contributed by atoms with Crippen LogP contribution >= 0.6 is 0 Å². The molecular formula is C16H21N3O. The number of aromatic nitrogens is 2. The van der Waals surface area contributed by atoms with Crippen LogP contribution in [0.2, 0.25) is 0 Å². The van der Waals surface area contributed by atoms with Crippen molar-refractivity contribution >= 4 is 0 Å². The molecule has 0 fully saturated rings. The summed E-state index contributed by atoms with van der Waals surface area (Å²) in [5, 5.41) is 7.86. The predicted molar refractivity (Wildman–Crippen MR) is 79.0 cm³/mol. The van der Waals surface area contributed by atoms with Gasteiger partial charge in [-0.25, -0.2) is 0 Å². The summed E-state index contributed by atoms with van der Waals surface area (Å²) in [5.74, 6) is 1.45. The first-order valence-electron chi connectivity index (χ1n) is 7.24. The van der Waals surface area contributed by atoms with Crippen LogP contribution in [-0.2, 0) is 6.54 Å². The zero-order valence-electron chi connectivity index (χ0n) is 12.0. The topological polar surface area (TPSA) is 39.1 Å². The average Bonchev–Trinajstić information content (AvgIpc) is 2.97. The van der Waals surface area contributed by atoms with Gasteiger partial charge in [0.25, 0.3) is 0 Å². The van der Waals surface area contributed by atoms with Gasteiger partial charge in [-0.3, -0.25) is 4.68 Å². The molecular weight excluding hydrogens is 250 g/mol. The van der Waals surface area contributed by atoms with Crippen molar-refractivity contribution in [3.05, 3.63) is 47.8 Å². The Hall–Kier alpha value is -1.81. The quantitative estimate of drug-likeness (QED) is 0.929. The van der Waals surface area contributed by atoms with Gasteiger partial charge >= 0.3 is 0 Å². The summed E-state index contributed by atoms with van der Waals surface area (Å²) < 4.78 is 7.74. The zero-order chi connectivity index (χ0) is 13.9. The number of hydrogen-bond acceptors (Lipinski definition) is 3. The van der Waals surface area contributed by atoms with Crippen LogP contribution in [0.25, 0.3) is 0 Å². The number of aryl methyl sites for hydroxylation is 1. The third-order valence-corrected chi connectivity index (χ3v) is 4.05. The van der Waals surface area contributed by atoms with E-state index in [2.05, 4.69) is 41.7 Å². The first-order chi connectivity index (χ1) is 9.83. The molecule has 0 aliphatic carbocycles. The highest BCUT2D eigenvalue weighted by Crippen LogP contribution is 2.40. The van der Waals surface area contributed by atoms with E-state index < -0.39 is 0 Å². The van der Waals surface area contributed by atoms with Gasteiger partial charge in [0.15, 0.2) is 0 Å². The van der Waals surface area contributed by atoms with E-state index in [0.717, 1.165) is 25.3 Å². The molecule has 1 aromatic heterocycles. The smallest absolute Gasteiger partial charge is 0.122 e. The van der Waals surface area contributed by atoms with Gasteiger partial charge < -0.3 is 10.1 Å². The molecule has 3 rings (SSSR count). The number of nitrogens with one attached hydrogen (secondary N) is 1. The van der Waals surface area contributed by atoms with Crippen LogP contribution in [0.15, 0.2) is 36.7 Å². The fraction of sp³-hybridized carbons (Fsp3) is 0.438. The molecule has 1 aromatic carbocycles. The van der Waals surface area contributed by atoms with E-state index in [1.807, 2.05) is 24.0 Å². The molecule has 0 saturated carbocycles. The maximum atomic E-state index is 5.76. The second kappa shape index (κ2) is 5.67. The molecule has 4 nitrogen and oxygen atoms in total. The van der Waals surface area contributed by atoms with E-state index in [4.69, 9.17) is 4.74 Å². The SMILES string of the molecule is CCn1cc(C(NC)C2CCOc3ccccc32)cn1. The molecule has 4 heteroatoms. The minimum Gasteiger partial charge on any atom is -0.493 e. The Morgan fingerprint density at radius 1 is 1.45 bits per heavy atom. The Bertz CT molecular complexity index is 579. The molecule has 2 aromatic rings. The maximum absolute atomic E-state index is 5.76. The molecule has 0 amide bonds. The number of ether oxygens (including phenoxy) is 1. The number of fused-ring (bicyclic) bond motifs is 1. The monoisotopic (exact) mass is 271 g/mol. The van der Waals surface area contributed by atoms with E-state index >= 15 is 0 Å². The summed E-state index contributed by atoms with van der Waals surface area (Å²) in [6.07, 6.45) is 5.14. The molecule has 20 heavy (non-hydrogen) atoms. The zero-order valence-corrected chi connectivity index (χ0v) is 12.0. The molecule has 1 N–H and O–H groups in total. The lowest BCUT2D eigenvalue weighted by molar-refractivity contribution is 0.248. The van der Waals surface area contributed by atoms with Gasteiger partial charge in [-0.1, -0.05) is 18.2 Å². The highest BCUT2D eigenvalue weighted by Gasteiger charge is 2.29. The summed E-state index contributed by atoms with van der Waals surface area (Å²) in [7, 11) is 2.02. The normalized spacial score (nSPS) is 19.2. The van der Waals surface area contributed by atoms with Crippen molar-refractivity contribution in [3.63, 3.8) is 0 Å². The van der Waals surface area contributed by atoms with E-state index in [0.29, 0.717) is 5.92 Å². The van der Waals surface area contributed by atoms with Crippen LogP contribution in [0, 0.1) is 0 Å². The Balaban J connectivity index is 1.94. The molecule has 1 aliphatic rings. The first kappa shape index (κ1) is 13.2. The van der Waals surface area contributed by atoms with Crippen LogP contribution < -0.4 is 10.1 Å². The van der Waals surface area contributed by atoms with Gasteiger partial charge in [0.2, 0.25) is 0 Å². The maximum Gasteiger partial charge on any atom is 0.122 e. The Labute approximate surface area is 119 Å². The van der Waals surface area contributed by atoms with Crippen molar-refractivity contribution in [2.75, 3.05) is 13.7 Å². The van der Waals surface area contributed by atoms with Gasteiger partial charge in [-0.05, 0) is 32.0 Å². The largest absolute Gasteiger partial charge is 0.493 e. The molecule has 2 unspecified atom stereocenters. The second-order valence-corrected chi connectivity index (χ2v) is 5.18. The van der Waals surface area contributed by atoms with Gasteiger partial charge in [-0.2, -0.15) is 5.10 Å². The van der Waals surface area contributed by atoms with E-state index in [9.17, 15) is 0 Å². The lowest BCUT2D eigenvalue weighted by Crippen LogP contribution is -2.27. The lowest BCUT2D eigenvalue weighted by atomic mass is 9.84. The summed E-state index contributed by atoms with van der Waals surface area (Å²) >= 11 is 0. The molecule has 1 aliphatic heterocycles. The molecule has 106 valence electrons. The standard InChI is InChI=1S/C16H21N3O/c1-3-19-11-12(10-18-19)16(17-2)14-8-9-20-15-7-5-4-6-13(14)15/h4-7,10-11,14,16-17H,3,8-9H2,1-2H3. The third kappa shape index (κ3) is 2.31. The van der Waals surface area contributed by atoms with Crippen molar-refractivity contribution < 1.29 is 4.74 Å². The number of likely N-dealkylation sites (N-methyl/N-ethyl adjacent to an activating group) is 1. The molecule has 0 spiro atoms. The van der Waals surface area contributed by atoms with Crippen molar-refractivity contribution in [1.29, 1.82) is 0 Å². The molecule has 0 bridgehead atoms.